The molecule has 0 amide bonds. The molecule has 9 heavy (non-hydrogen) atoms. The molecule has 54 valence electrons. The van der Waals surface area contributed by atoms with Crippen LogP contribution in [0.4, 0.5) is 0 Å². The van der Waals surface area contributed by atoms with E-state index in [-0.39, 0.29) is 14.9 Å². The van der Waals surface area contributed by atoms with Crippen molar-refractivity contribution >= 4 is 0 Å². The second-order valence-corrected chi connectivity index (χ2v) is 1.35. The van der Waals surface area contributed by atoms with Crippen LogP contribution in [0.25, 0.3) is 0 Å². The molecule has 0 bridgehead atoms. The van der Waals surface area contributed by atoms with Gasteiger partial charge in [0.25, 0.3) is 0 Å². The Hall–Kier alpha value is -0.780. The van der Waals surface area contributed by atoms with Gasteiger partial charge in [-0.3, -0.25) is 0 Å². The lowest BCUT2D eigenvalue weighted by Crippen LogP contribution is -1.58. The highest BCUT2D eigenvalue weighted by molar-refractivity contribution is 5.17. The summed E-state index contributed by atoms with van der Waals surface area (Å²) in [7, 11) is 0. The van der Waals surface area contributed by atoms with Crippen molar-refractivity contribution in [3.8, 4) is 0 Å². The smallest absolute Gasteiger partial charge is 0.0398 e. The van der Waals surface area contributed by atoms with E-state index in [1.807, 2.05) is 13.0 Å². The van der Waals surface area contributed by atoms with Crippen LogP contribution in [-0.4, -0.2) is 0 Å². The molecule has 0 aliphatic carbocycles. The second-order valence-electron chi connectivity index (χ2n) is 1.35. The van der Waals surface area contributed by atoms with E-state index < -0.39 is 0 Å². The summed E-state index contributed by atoms with van der Waals surface area (Å²) in [6, 6.07) is 0. The largest absolute Gasteiger partial charge is 0.0991 e. The summed E-state index contributed by atoms with van der Waals surface area (Å²) in [4.78, 5) is 0. The summed E-state index contributed by atoms with van der Waals surface area (Å²) in [5, 5.41) is 0. The van der Waals surface area contributed by atoms with Crippen molar-refractivity contribution in [1.29, 1.82) is 0 Å². The summed E-state index contributed by atoms with van der Waals surface area (Å²) in [5.41, 5.74) is 1.15. The third-order valence-electron chi connectivity index (χ3n) is 0.703. The van der Waals surface area contributed by atoms with E-state index in [4.69, 9.17) is 0 Å². The maximum Gasteiger partial charge on any atom is -0.0398 e. The molecule has 0 radical (unpaired) electrons. The summed E-state index contributed by atoms with van der Waals surface area (Å²) < 4.78 is 0. The first-order chi connectivity index (χ1) is 3.31. The molecule has 0 rings (SSSR count). The molecular weight excluding hydrogens is 108 g/mol. The maximum absolute atomic E-state index is 3.56. The summed E-state index contributed by atoms with van der Waals surface area (Å²) in [6.45, 7) is 9.07. The highest BCUT2D eigenvalue weighted by Gasteiger charge is 1.68. The van der Waals surface area contributed by atoms with Crippen molar-refractivity contribution in [2.24, 2.45) is 0 Å². The average Bonchev–Trinajstić information content (AvgIpc) is 1.68. The Morgan fingerprint density at radius 2 is 1.67 bits per heavy atom. The van der Waals surface area contributed by atoms with E-state index in [0.717, 1.165) is 5.57 Å². The Kier molecular flexibility index (Phi) is 17.9. The zero-order valence-corrected chi connectivity index (χ0v) is 4.65. The van der Waals surface area contributed by atoms with Crippen LogP contribution in [0.2, 0.25) is 0 Å². The predicted octanol–water partition coefficient (Wildman–Crippen LogP) is 3.58. The lowest BCUT2D eigenvalue weighted by Gasteiger charge is -1.80. The third kappa shape index (κ3) is 11.0. The van der Waals surface area contributed by atoms with Gasteiger partial charge in [0.2, 0.25) is 0 Å². The first kappa shape index (κ1) is 15.7. The Balaban J connectivity index is -0.000000180. The SMILES string of the molecule is C.C.C=C/C=C(/C)C=C. The average molecular weight is 126 g/mol. The Bertz CT molecular complexity index is 96.6. The molecule has 0 aromatic heterocycles. The molecule has 0 heteroatoms. The first-order valence-electron chi connectivity index (χ1n) is 2.23. The monoisotopic (exact) mass is 126 g/mol. The van der Waals surface area contributed by atoms with Gasteiger partial charge >= 0.3 is 0 Å². The van der Waals surface area contributed by atoms with E-state index >= 15 is 0 Å². The Labute approximate surface area is 59.6 Å². The van der Waals surface area contributed by atoms with Crippen LogP contribution < -0.4 is 0 Å². The highest BCUT2D eigenvalue weighted by Crippen LogP contribution is 1.90. The van der Waals surface area contributed by atoms with Gasteiger partial charge in [-0.2, -0.15) is 0 Å². The number of hydrogen-bond donors (Lipinski definition) is 0. The minimum absolute atomic E-state index is 0. The molecule has 0 saturated carbocycles. The topological polar surface area (TPSA) is 0 Å². The quantitative estimate of drug-likeness (QED) is 0.496. The number of rotatable bonds is 2. The normalized spacial score (nSPS) is 8.33. The molecule has 0 fully saturated rings. The van der Waals surface area contributed by atoms with E-state index in [1.54, 1.807) is 12.2 Å². The van der Waals surface area contributed by atoms with Gasteiger partial charge in [-0.05, 0) is 6.92 Å². The number of hydrogen-bond acceptors (Lipinski definition) is 0. The molecule has 0 saturated heterocycles. The van der Waals surface area contributed by atoms with Crippen molar-refractivity contribution in [3.05, 3.63) is 37.0 Å². The summed E-state index contributed by atoms with van der Waals surface area (Å²) in [6.07, 6.45) is 5.45. The lowest BCUT2D eigenvalue weighted by atomic mass is 10.3. The molecule has 0 unspecified atom stereocenters. The first-order valence-corrected chi connectivity index (χ1v) is 2.23. The molecule has 0 heterocycles. The van der Waals surface area contributed by atoms with Crippen molar-refractivity contribution < 1.29 is 0 Å². The van der Waals surface area contributed by atoms with Crippen LogP contribution in [-0.2, 0) is 0 Å². The van der Waals surface area contributed by atoms with E-state index in [2.05, 4.69) is 13.2 Å². The van der Waals surface area contributed by atoms with Crippen LogP contribution in [0.1, 0.15) is 21.8 Å². The molecule has 0 nitrogen and oxygen atoms in total. The predicted molar refractivity (Wildman–Crippen MR) is 47.6 cm³/mol. The molecule has 0 aliphatic heterocycles. The maximum atomic E-state index is 3.56. The molecule has 0 aromatic carbocycles. The van der Waals surface area contributed by atoms with Crippen LogP contribution in [0.5, 0.6) is 0 Å². The molecule has 0 atom stereocenters. The molecule has 0 spiro atoms. The Morgan fingerprint density at radius 1 is 1.22 bits per heavy atom. The molecule has 0 aromatic rings. The minimum Gasteiger partial charge on any atom is -0.0991 e. The van der Waals surface area contributed by atoms with Gasteiger partial charge in [-0.1, -0.05) is 51.8 Å². The second kappa shape index (κ2) is 10.3. The molecule has 0 N–H and O–H groups in total. The van der Waals surface area contributed by atoms with E-state index in [9.17, 15) is 0 Å². The van der Waals surface area contributed by atoms with Crippen LogP contribution in [0, 0.1) is 0 Å². The van der Waals surface area contributed by atoms with Gasteiger partial charge in [0.05, 0.1) is 0 Å². The summed E-state index contributed by atoms with van der Waals surface area (Å²) in [5.74, 6) is 0. The van der Waals surface area contributed by atoms with Crippen LogP contribution in [0.15, 0.2) is 37.0 Å². The molecular formula is C9H18. The van der Waals surface area contributed by atoms with Gasteiger partial charge in [0, 0.05) is 0 Å². The fourth-order valence-corrected chi connectivity index (χ4v) is 0.254. The van der Waals surface area contributed by atoms with Crippen LogP contribution in [0.3, 0.4) is 0 Å². The summed E-state index contributed by atoms with van der Waals surface area (Å²) >= 11 is 0. The van der Waals surface area contributed by atoms with Crippen molar-refractivity contribution in [1.82, 2.24) is 0 Å². The van der Waals surface area contributed by atoms with Gasteiger partial charge < -0.3 is 0 Å². The molecule has 0 aliphatic rings. The van der Waals surface area contributed by atoms with Crippen molar-refractivity contribution in [2.75, 3.05) is 0 Å². The van der Waals surface area contributed by atoms with Gasteiger partial charge in [-0.25, -0.2) is 0 Å². The van der Waals surface area contributed by atoms with Gasteiger partial charge in [0.1, 0.15) is 0 Å². The van der Waals surface area contributed by atoms with Crippen molar-refractivity contribution in [3.63, 3.8) is 0 Å². The Morgan fingerprint density at radius 3 is 1.78 bits per heavy atom. The highest BCUT2D eigenvalue weighted by atomic mass is 13.8. The van der Waals surface area contributed by atoms with Crippen molar-refractivity contribution in [2.45, 2.75) is 21.8 Å². The third-order valence-corrected chi connectivity index (χ3v) is 0.703. The fourth-order valence-electron chi connectivity index (χ4n) is 0.254. The zero-order valence-electron chi connectivity index (χ0n) is 4.65. The van der Waals surface area contributed by atoms with Gasteiger partial charge in [-0.15, -0.1) is 0 Å². The fraction of sp³-hybridized carbons (Fsp3) is 0.333. The zero-order chi connectivity index (χ0) is 5.70. The van der Waals surface area contributed by atoms with Gasteiger partial charge in [0.15, 0.2) is 0 Å². The lowest BCUT2D eigenvalue weighted by molar-refractivity contribution is 1.54. The van der Waals surface area contributed by atoms with Crippen LogP contribution >= 0.6 is 0 Å². The van der Waals surface area contributed by atoms with E-state index in [0.29, 0.717) is 0 Å². The number of allylic oxidation sites excluding steroid dienone is 4. The minimum atomic E-state index is 0. The van der Waals surface area contributed by atoms with E-state index in [1.165, 1.54) is 0 Å². The standard InChI is InChI=1S/C7H10.2CH4/c1-4-6-7(3)5-2;;/h4-6H,1-2H2,3H3;2*1H4/b7-6-;;.